The van der Waals surface area contributed by atoms with Crippen LogP contribution in [0.4, 0.5) is 0 Å². The van der Waals surface area contributed by atoms with Gasteiger partial charge in [-0.2, -0.15) is 0 Å². The minimum atomic E-state index is -0.0532. The van der Waals surface area contributed by atoms with Gasteiger partial charge in [-0.05, 0) is 76.7 Å². The molecular weight excluding hydrogens is 352 g/mol. The predicted octanol–water partition coefficient (Wildman–Crippen LogP) is 3.86. The maximum Gasteiger partial charge on any atom is 0.220 e. The second-order valence-electron chi connectivity index (χ2n) is 7.10. The molecule has 1 aromatic rings. The molecular formula is C20H33ClN2O3. The van der Waals surface area contributed by atoms with Gasteiger partial charge < -0.3 is 20.1 Å². The summed E-state index contributed by atoms with van der Waals surface area (Å²) in [5.41, 5.74) is 1.02. The van der Waals surface area contributed by atoms with E-state index in [1.54, 1.807) is 7.11 Å². The minimum Gasteiger partial charge on any atom is -0.493 e. The van der Waals surface area contributed by atoms with Gasteiger partial charge in [-0.3, -0.25) is 4.79 Å². The molecule has 1 aromatic carbocycles. The van der Waals surface area contributed by atoms with E-state index >= 15 is 0 Å². The number of amides is 1. The molecule has 148 valence electrons. The first-order valence-corrected chi connectivity index (χ1v) is 9.34. The van der Waals surface area contributed by atoms with Crippen molar-refractivity contribution in [3.63, 3.8) is 0 Å². The van der Waals surface area contributed by atoms with Crippen LogP contribution in [0.5, 0.6) is 11.5 Å². The second kappa shape index (κ2) is 11.3. The molecule has 0 spiro atoms. The van der Waals surface area contributed by atoms with Gasteiger partial charge in [0, 0.05) is 6.42 Å². The molecule has 1 amide bonds. The summed E-state index contributed by atoms with van der Waals surface area (Å²) in [5.74, 6) is 2.22. The average molecular weight is 385 g/mol. The molecule has 1 unspecified atom stereocenters. The Morgan fingerprint density at radius 1 is 1.23 bits per heavy atom. The molecule has 1 saturated heterocycles. The SMILES string of the molecule is COc1cc(C(C)NC(=O)CCC2CCNCC2)ccc1OC(C)C.Cl. The van der Waals surface area contributed by atoms with Gasteiger partial charge in [0.25, 0.3) is 0 Å². The van der Waals surface area contributed by atoms with Crippen LogP contribution < -0.4 is 20.1 Å². The Labute approximate surface area is 163 Å². The van der Waals surface area contributed by atoms with Crippen molar-refractivity contribution in [3.05, 3.63) is 23.8 Å². The summed E-state index contributed by atoms with van der Waals surface area (Å²) in [6.45, 7) is 8.12. The van der Waals surface area contributed by atoms with Crippen LogP contribution in [0.2, 0.25) is 0 Å². The molecule has 0 aromatic heterocycles. The molecule has 1 aliphatic heterocycles. The van der Waals surface area contributed by atoms with Gasteiger partial charge in [-0.15, -0.1) is 12.4 Å². The number of carbonyl (C=O) groups excluding carboxylic acids is 1. The van der Waals surface area contributed by atoms with E-state index in [-0.39, 0.29) is 30.5 Å². The molecule has 26 heavy (non-hydrogen) atoms. The van der Waals surface area contributed by atoms with E-state index in [1.807, 2.05) is 39.0 Å². The largest absolute Gasteiger partial charge is 0.493 e. The fourth-order valence-corrected chi connectivity index (χ4v) is 3.21. The Balaban J connectivity index is 0.00000338. The zero-order valence-corrected chi connectivity index (χ0v) is 17.2. The first-order chi connectivity index (χ1) is 12.0. The number of ether oxygens (including phenoxy) is 2. The van der Waals surface area contributed by atoms with E-state index < -0.39 is 0 Å². The number of hydrogen-bond acceptors (Lipinski definition) is 4. The molecule has 1 aliphatic rings. The van der Waals surface area contributed by atoms with Crippen molar-refractivity contribution in [1.29, 1.82) is 0 Å². The molecule has 0 saturated carbocycles. The van der Waals surface area contributed by atoms with Crippen LogP contribution in [-0.2, 0) is 4.79 Å². The van der Waals surface area contributed by atoms with Crippen LogP contribution in [-0.4, -0.2) is 32.2 Å². The van der Waals surface area contributed by atoms with Crippen LogP contribution in [0.15, 0.2) is 18.2 Å². The molecule has 0 aliphatic carbocycles. The standard InChI is InChI=1S/C20H32N2O3.ClH/c1-14(2)25-18-7-6-17(13-19(18)24-4)15(3)22-20(23)8-5-16-9-11-21-12-10-16;/h6-7,13-16,21H,5,8-12H2,1-4H3,(H,22,23);1H. The maximum atomic E-state index is 12.3. The third-order valence-electron chi connectivity index (χ3n) is 4.67. The van der Waals surface area contributed by atoms with Crippen LogP contribution in [0.3, 0.4) is 0 Å². The lowest BCUT2D eigenvalue weighted by Crippen LogP contribution is -2.30. The quantitative estimate of drug-likeness (QED) is 0.714. The molecule has 0 radical (unpaired) electrons. The highest BCUT2D eigenvalue weighted by Gasteiger charge is 2.17. The summed E-state index contributed by atoms with van der Waals surface area (Å²) in [4.78, 5) is 12.3. The van der Waals surface area contributed by atoms with Gasteiger partial charge in [0.1, 0.15) is 0 Å². The second-order valence-corrected chi connectivity index (χ2v) is 7.10. The fraction of sp³-hybridized carbons (Fsp3) is 0.650. The number of carbonyl (C=O) groups is 1. The van der Waals surface area contributed by atoms with Gasteiger partial charge in [0.15, 0.2) is 11.5 Å². The topological polar surface area (TPSA) is 59.6 Å². The van der Waals surface area contributed by atoms with E-state index in [9.17, 15) is 4.79 Å². The van der Waals surface area contributed by atoms with Gasteiger partial charge in [-0.25, -0.2) is 0 Å². The van der Waals surface area contributed by atoms with Crippen LogP contribution in [0.25, 0.3) is 0 Å². The van der Waals surface area contributed by atoms with E-state index in [0.717, 1.165) is 30.8 Å². The molecule has 2 rings (SSSR count). The van der Waals surface area contributed by atoms with Crippen LogP contribution in [0, 0.1) is 5.92 Å². The van der Waals surface area contributed by atoms with Crippen LogP contribution in [0.1, 0.15) is 58.1 Å². The Morgan fingerprint density at radius 2 is 1.92 bits per heavy atom. The lowest BCUT2D eigenvalue weighted by atomic mass is 9.93. The highest BCUT2D eigenvalue weighted by Crippen LogP contribution is 2.31. The van der Waals surface area contributed by atoms with Gasteiger partial charge in [-0.1, -0.05) is 6.07 Å². The normalized spacial score (nSPS) is 15.9. The molecule has 2 N–H and O–H groups in total. The van der Waals surface area contributed by atoms with E-state index in [0.29, 0.717) is 18.1 Å². The summed E-state index contributed by atoms with van der Waals surface area (Å²) in [5, 5.41) is 6.46. The summed E-state index contributed by atoms with van der Waals surface area (Å²) < 4.78 is 11.2. The highest BCUT2D eigenvalue weighted by atomic mass is 35.5. The average Bonchev–Trinajstić information content (AvgIpc) is 2.60. The molecule has 0 bridgehead atoms. The van der Waals surface area contributed by atoms with Crippen molar-refractivity contribution in [2.24, 2.45) is 5.92 Å². The van der Waals surface area contributed by atoms with E-state index in [4.69, 9.17) is 9.47 Å². The third-order valence-corrected chi connectivity index (χ3v) is 4.67. The predicted molar refractivity (Wildman–Crippen MR) is 107 cm³/mol. The molecule has 5 nitrogen and oxygen atoms in total. The molecule has 1 fully saturated rings. The first kappa shape index (κ1) is 22.6. The zero-order chi connectivity index (χ0) is 18.2. The maximum absolute atomic E-state index is 12.3. The summed E-state index contributed by atoms with van der Waals surface area (Å²) in [7, 11) is 1.63. The molecule has 1 atom stereocenters. The van der Waals surface area contributed by atoms with Crippen LogP contribution >= 0.6 is 12.4 Å². The number of halogens is 1. The number of methoxy groups -OCH3 is 1. The number of benzene rings is 1. The molecule has 6 heteroatoms. The minimum absolute atomic E-state index is 0. The van der Waals surface area contributed by atoms with Gasteiger partial charge in [0.2, 0.25) is 5.91 Å². The monoisotopic (exact) mass is 384 g/mol. The summed E-state index contributed by atoms with van der Waals surface area (Å²) in [6, 6.07) is 5.78. The van der Waals surface area contributed by atoms with Crippen molar-refractivity contribution >= 4 is 18.3 Å². The van der Waals surface area contributed by atoms with Gasteiger partial charge >= 0.3 is 0 Å². The third kappa shape index (κ3) is 7.04. The van der Waals surface area contributed by atoms with Gasteiger partial charge in [0.05, 0.1) is 19.3 Å². The van der Waals surface area contributed by atoms with E-state index in [1.165, 1.54) is 12.8 Å². The first-order valence-electron chi connectivity index (χ1n) is 9.34. The smallest absolute Gasteiger partial charge is 0.220 e. The Bertz CT molecular complexity index is 560. The van der Waals surface area contributed by atoms with Crippen molar-refractivity contribution in [2.75, 3.05) is 20.2 Å². The summed E-state index contributed by atoms with van der Waals surface area (Å²) in [6.07, 6.45) is 4.02. The lowest BCUT2D eigenvalue weighted by Gasteiger charge is -2.23. The van der Waals surface area contributed by atoms with Crippen molar-refractivity contribution < 1.29 is 14.3 Å². The van der Waals surface area contributed by atoms with Crippen molar-refractivity contribution in [2.45, 2.75) is 58.6 Å². The fourth-order valence-electron chi connectivity index (χ4n) is 3.21. The summed E-state index contributed by atoms with van der Waals surface area (Å²) >= 11 is 0. The Hall–Kier alpha value is -1.46. The number of rotatable bonds is 8. The number of nitrogens with one attached hydrogen (secondary N) is 2. The number of piperidine rings is 1. The number of hydrogen-bond donors (Lipinski definition) is 2. The van der Waals surface area contributed by atoms with Crippen molar-refractivity contribution in [1.82, 2.24) is 10.6 Å². The van der Waals surface area contributed by atoms with E-state index in [2.05, 4.69) is 10.6 Å². The Kier molecular flexibility index (Phi) is 9.81. The van der Waals surface area contributed by atoms with Crippen molar-refractivity contribution in [3.8, 4) is 11.5 Å². The molecule has 1 heterocycles. The Morgan fingerprint density at radius 3 is 2.54 bits per heavy atom. The lowest BCUT2D eigenvalue weighted by molar-refractivity contribution is -0.122. The highest BCUT2D eigenvalue weighted by molar-refractivity contribution is 5.85. The zero-order valence-electron chi connectivity index (χ0n) is 16.3.